The van der Waals surface area contributed by atoms with Gasteiger partial charge in [0.1, 0.15) is 23.6 Å². The molecule has 0 fully saturated rings. The summed E-state index contributed by atoms with van der Waals surface area (Å²) in [5.41, 5.74) is 1.57. The van der Waals surface area contributed by atoms with Crippen LogP contribution >= 0.6 is 0 Å². The Morgan fingerprint density at radius 3 is 1.26 bits per heavy atom. The summed E-state index contributed by atoms with van der Waals surface area (Å²) in [6.45, 7) is 6.85. The van der Waals surface area contributed by atoms with Gasteiger partial charge in [-0.05, 0) is 75.2 Å². The van der Waals surface area contributed by atoms with Gasteiger partial charge in [0.15, 0.2) is 0 Å². The maximum atomic E-state index is 11.6. The van der Waals surface area contributed by atoms with E-state index in [4.69, 9.17) is 18.9 Å². The van der Waals surface area contributed by atoms with Gasteiger partial charge in [0.05, 0.1) is 23.4 Å². The summed E-state index contributed by atoms with van der Waals surface area (Å²) in [6, 6.07) is 16.9. The number of hydrogen-bond donors (Lipinski definition) is 0. The Kier molecular flexibility index (Phi) is 9.43. The molecule has 0 aliphatic rings. The van der Waals surface area contributed by atoms with E-state index in [1.165, 1.54) is 0 Å². The molecule has 2 aromatic rings. The van der Waals surface area contributed by atoms with Crippen molar-refractivity contribution in [2.75, 3.05) is 0 Å². The lowest BCUT2D eigenvalue weighted by Gasteiger charge is -2.08. The minimum atomic E-state index is -0.807. The third kappa shape index (κ3) is 8.52. The summed E-state index contributed by atoms with van der Waals surface area (Å²) in [5, 5.41) is 19.1. The topological polar surface area (TPSA) is 119 Å². The Morgan fingerprint density at radius 1 is 0.676 bits per heavy atom. The molecule has 0 aromatic heterocycles. The highest BCUT2D eigenvalue weighted by molar-refractivity contribution is 5.74. The fourth-order valence-corrected chi connectivity index (χ4v) is 2.56. The first-order valence-electron chi connectivity index (χ1n) is 10.4. The van der Waals surface area contributed by atoms with Crippen molar-refractivity contribution in [3.05, 3.63) is 70.8 Å². The van der Waals surface area contributed by atoms with E-state index in [0.717, 1.165) is 0 Å². The molecule has 0 spiro atoms. The second kappa shape index (κ2) is 12.5. The van der Waals surface area contributed by atoms with E-state index in [-0.39, 0.29) is 34.9 Å². The summed E-state index contributed by atoms with van der Waals surface area (Å²) >= 11 is 0. The van der Waals surface area contributed by atoms with Gasteiger partial charge in [-0.2, -0.15) is 10.5 Å². The summed E-state index contributed by atoms with van der Waals surface area (Å²) < 4.78 is 20.0. The van der Waals surface area contributed by atoms with Crippen LogP contribution in [0.15, 0.2) is 59.7 Å². The van der Waals surface area contributed by atoms with E-state index < -0.39 is 12.3 Å². The van der Waals surface area contributed by atoms with Crippen molar-refractivity contribution >= 4 is 24.5 Å². The van der Waals surface area contributed by atoms with Crippen molar-refractivity contribution in [3.8, 4) is 23.6 Å². The molecule has 0 unspecified atom stereocenters. The van der Waals surface area contributed by atoms with Gasteiger partial charge in [0.25, 0.3) is 0 Å². The molecule has 0 saturated carbocycles. The van der Waals surface area contributed by atoms with E-state index in [1.54, 1.807) is 88.4 Å². The van der Waals surface area contributed by atoms with E-state index in [0.29, 0.717) is 11.1 Å². The summed E-state index contributed by atoms with van der Waals surface area (Å²) in [5.74, 6) is 0.578. The second-order valence-electron chi connectivity index (χ2n) is 7.52. The van der Waals surface area contributed by atoms with E-state index in [9.17, 15) is 20.1 Å². The minimum Gasteiger partial charge on any atom is -0.431 e. The first-order valence-corrected chi connectivity index (χ1v) is 10.4. The molecule has 0 bridgehead atoms. The lowest BCUT2D eigenvalue weighted by molar-refractivity contribution is 0.0716. The van der Waals surface area contributed by atoms with E-state index in [1.807, 2.05) is 12.1 Å². The second-order valence-corrected chi connectivity index (χ2v) is 7.52. The molecule has 0 atom stereocenters. The maximum Gasteiger partial charge on any atom is 0.514 e. The Balaban J connectivity index is 2.15. The van der Waals surface area contributed by atoms with E-state index in [2.05, 4.69) is 0 Å². The van der Waals surface area contributed by atoms with Gasteiger partial charge in [0, 0.05) is 0 Å². The van der Waals surface area contributed by atoms with Crippen molar-refractivity contribution in [1.82, 2.24) is 0 Å². The van der Waals surface area contributed by atoms with Crippen LogP contribution in [0.25, 0.3) is 12.2 Å². The van der Waals surface area contributed by atoms with Crippen LogP contribution in [0.1, 0.15) is 38.8 Å². The molecular formula is C26H24N2O6. The van der Waals surface area contributed by atoms with Crippen LogP contribution in [0.5, 0.6) is 11.5 Å². The predicted molar refractivity (Wildman–Crippen MR) is 125 cm³/mol. The first-order chi connectivity index (χ1) is 16.2. The fraction of sp³-hybridized carbons (Fsp3) is 0.231. The molecule has 0 heterocycles. The van der Waals surface area contributed by atoms with Crippen molar-refractivity contribution < 1.29 is 28.5 Å². The van der Waals surface area contributed by atoms with Crippen LogP contribution in [0, 0.1) is 22.7 Å². The van der Waals surface area contributed by atoms with Gasteiger partial charge in [-0.1, -0.05) is 24.3 Å². The van der Waals surface area contributed by atoms with Crippen LogP contribution in [0.4, 0.5) is 9.59 Å². The number of allylic oxidation sites excluding steroid dienone is 2. The molecule has 0 N–H and O–H groups in total. The Morgan fingerprint density at radius 2 is 1.00 bits per heavy atom. The van der Waals surface area contributed by atoms with Crippen molar-refractivity contribution in [3.63, 3.8) is 0 Å². The molecule has 0 saturated heterocycles. The van der Waals surface area contributed by atoms with Crippen LogP contribution in [0.2, 0.25) is 0 Å². The average molecular weight is 460 g/mol. The number of nitrogens with zero attached hydrogens (tertiary/aromatic N) is 2. The predicted octanol–water partition coefficient (Wildman–Crippen LogP) is 6.05. The van der Waals surface area contributed by atoms with Crippen LogP contribution in [-0.2, 0) is 9.47 Å². The normalized spacial score (nSPS) is 11.4. The third-order valence-electron chi connectivity index (χ3n) is 3.98. The zero-order valence-corrected chi connectivity index (χ0v) is 19.3. The first kappa shape index (κ1) is 25.7. The van der Waals surface area contributed by atoms with Crippen molar-refractivity contribution in [2.24, 2.45) is 0 Å². The molecule has 0 amide bonds. The average Bonchev–Trinajstić information content (AvgIpc) is 2.77. The standard InChI is InChI=1S/C26H24N2O6/c1-17(2)31-25(29)33-23-9-5-19(6-10-23)13-21(15-27)22(16-28)14-20-7-11-24(12-8-20)34-26(30)32-18(3)4/h5-14,17-18H,1-4H3. The van der Waals surface area contributed by atoms with Crippen molar-refractivity contribution in [2.45, 2.75) is 39.9 Å². The molecule has 0 aliphatic carbocycles. The number of benzene rings is 2. The summed E-state index contributed by atoms with van der Waals surface area (Å²) in [7, 11) is 0. The highest BCUT2D eigenvalue weighted by Crippen LogP contribution is 2.21. The largest absolute Gasteiger partial charge is 0.514 e. The number of carbonyl (C=O) groups is 2. The van der Waals surface area contributed by atoms with E-state index >= 15 is 0 Å². The summed E-state index contributed by atoms with van der Waals surface area (Å²) in [6.07, 6.45) is 0.885. The molecule has 174 valence electrons. The number of ether oxygens (including phenoxy) is 4. The molecule has 2 rings (SSSR count). The molecule has 8 heteroatoms. The van der Waals surface area contributed by atoms with Gasteiger partial charge >= 0.3 is 12.3 Å². The molecule has 0 aliphatic heterocycles. The van der Waals surface area contributed by atoms with Gasteiger partial charge in [0.2, 0.25) is 0 Å². The molecule has 2 aromatic carbocycles. The Hall–Kier alpha value is -4.56. The minimum absolute atomic E-state index is 0.149. The SMILES string of the molecule is CC(C)OC(=O)Oc1ccc(C=C(C#N)C(C#N)=Cc2ccc(OC(=O)OC(C)C)cc2)cc1. The highest BCUT2D eigenvalue weighted by Gasteiger charge is 2.10. The van der Waals surface area contributed by atoms with Gasteiger partial charge in [-0.15, -0.1) is 0 Å². The third-order valence-corrected chi connectivity index (χ3v) is 3.98. The zero-order chi connectivity index (χ0) is 25.1. The van der Waals surface area contributed by atoms with Crippen LogP contribution in [-0.4, -0.2) is 24.5 Å². The van der Waals surface area contributed by atoms with Gasteiger partial charge in [-0.3, -0.25) is 0 Å². The monoisotopic (exact) mass is 460 g/mol. The molecule has 0 radical (unpaired) electrons. The Bertz CT molecular complexity index is 1050. The maximum absolute atomic E-state index is 11.6. The number of carbonyl (C=O) groups excluding carboxylic acids is 2. The highest BCUT2D eigenvalue weighted by atomic mass is 16.7. The van der Waals surface area contributed by atoms with Gasteiger partial charge in [-0.25, -0.2) is 9.59 Å². The number of nitriles is 2. The smallest absolute Gasteiger partial charge is 0.431 e. The quantitative estimate of drug-likeness (QED) is 0.212. The Labute approximate surface area is 198 Å². The van der Waals surface area contributed by atoms with Crippen LogP contribution in [0.3, 0.4) is 0 Å². The fourth-order valence-electron chi connectivity index (χ4n) is 2.56. The molecule has 34 heavy (non-hydrogen) atoms. The molecule has 8 nitrogen and oxygen atoms in total. The lowest BCUT2D eigenvalue weighted by Crippen LogP contribution is -2.15. The molecular weight excluding hydrogens is 436 g/mol. The van der Waals surface area contributed by atoms with Crippen molar-refractivity contribution in [1.29, 1.82) is 10.5 Å². The zero-order valence-electron chi connectivity index (χ0n) is 19.3. The number of rotatable bonds is 7. The number of hydrogen-bond acceptors (Lipinski definition) is 8. The lowest BCUT2D eigenvalue weighted by atomic mass is 10.0. The summed E-state index contributed by atoms with van der Waals surface area (Å²) in [4.78, 5) is 23.2. The van der Waals surface area contributed by atoms with Gasteiger partial charge < -0.3 is 18.9 Å². The van der Waals surface area contributed by atoms with Crippen LogP contribution < -0.4 is 9.47 Å².